The molecule has 1 aliphatic rings. The monoisotopic (exact) mass is 360 g/mol. The zero-order chi connectivity index (χ0) is 14.9. The summed E-state index contributed by atoms with van der Waals surface area (Å²) in [7, 11) is -3.85. The van der Waals surface area contributed by atoms with E-state index in [4.69, 9.17) is 5.14 Å². The fourth-order valence-electron chi connectivity index (χ4n) is 2.39. The summed E-state index contributed by atoms with van der Waals surface area (Å²) in [5.74, 6) is 0.394. The number of hydrogen-bond donors (Lipinski definition) is 1. The Labute approximate surface area is 127 Å². The Balaban J connectivity index is 2.28. The van der Waals surface area contributed by atoms with Gasteiger partial charge in [0.15, 0.2) is 0 Å². The van der Waals surface area contributed by atoms with Gasteiger partial charge < -0.3 is 4.90 Å². The fraction of sp³-hybridized carbons (Fsp3) is 0.462. The summed E-state index contributed by atoms with van der Waals surface area (Å²) in [5.41, 5.74) is 0.356. The van der Waals surface area contributed by atoms with Crippen LogP contribution >= 0.6 is 15.9 Å². The second kappa shape index (κ2) is 5.83. The number of hydrogen-bond acceptors (Lipinski definition) is 3. The molecule has 1 aliphatic heterocycles. The predicted octanol–water partition coefficient (Wildman–Crippen LogP) is 1.97. The van der Waals surface area contributed by atoms with Crippen molar-refractivity contribution in [2.24, 2.45) is 11.1 Å². The molecule has 0 saturated carbocycles. The molecule has 0 aliphatic carbocycles. The molecule has 1 saturated heterocycles. The van der Waals surface area contributed by atoms with E-state index in [0.29, 0.717) is 16.0 Å². The smallest absolute Gasteiger partial charge is 0.253 e. The molecule has 1 unspecified atom stereocenters. The van der Waals surface area contributed by atoms with Crippen molar-refractivity contribution in [3.8, 4) is 0 Å². The van der Waals surface area contributed by atoms with E-state index >= 15 is 0 Å². The molecule has 110 valence electrons. The third-order valence-electron chi connectivity index (χ3n) is 3.64. The van der Waals surface area contributed by atoms with Gasteiger partial charge in [0.05, 0.1) is 4.90 Å². The van der Waals surface area contributed by atoms with Crippen LogP contribution in [0.15, 0.2) is 27.6 Å². The minimum atomic E-state index is -3.85. The molecule has 1 atom stereocenters. The van der Waals surface area contributed by atoms with Gasteiger partial charge in [-0.3, -0.25) is 4.79 Å². The highest BCUT2D eigenvalue weighted by Gasteiger charge is 2.26. The van der Waals surface area contributed by atoms with E-state index in [-0.39, 0.29) is 10.8 Å². The van der Waals surface area contributed by atoms with Crippen molar-refractivity contribution < 1.29 is 13.2 Å². The number of halogens is 1. The van der Waals surface area contributed by atoms with Crippen molar-refractivity contribution in [3.05, 3.63) is 28.2 Å². The van der Waals surface area contributed by atoms with Crippen molar-refractivity contribution in [3.63, 3.8) is 0 Å². The van der Waals surface area contributed by atoms with Gasteiger partial charge in [0.25, 0.3) is 5.91 Å². The summed E-state index contributed by atoms with van der Waals surface area (Å²) in [6, 6.07) is 4.49. The van der Waals surface area contributed by atoms with Crippen LogP contribution < -0.4 is 5.14 Å². The molecule has 20 heavy (non-hydrogen) atoms. The Morgan fingerprint density at radius 1 is 1.50 bits per heavy atom. The molecule has 7 heteroatoms. The van der Waals surface area contributed by atoms with Crippen LogP contribution in [0.5, 0.6) is 0 Å². The summed E-state index contributed by atoms with van der Waals surface area (Å²) < 4.78 is 23.3. The lowest BCUT2D eigenvalue weighted by molar-refractivity contribution is 0.0786. The van der Waals surface area contributed by atoms with Gasteiger partial charge in [-0.05, 0) is 46.5 Å². The molecule has 1 heterocycles. The second-order valence-corrected chi connectivity index (χ2v) is 7.39. The fourth-order valence-corrected chi connectivity index (χ4v) is 3.94. The Bertz CT molecular complexity index is 631. The van der Waals surface area contributed by atoms with Gasteiger partial charge in [-0.25, -0.2) is 13.6 Å². The number of sulfonamides is 1. The van der Waals surface area contributed by atoms with Crippen molar-refractivity contribution in [1.29, 1.82) is 0 Å². The first-order chi connectivity index (χ1) is 9.32. The molecule has 2 rings (SSSR count). The van der Waals surface area contributed by atoms with Gasteiger partial charge in [0.1, 0.15) is 0 Å². The van der Waals surface area contributed by atoms with E-state index in [1.165, 1.54) is 6.07 Å². The number of rotatable bonds is 3. The van der Waals surface area contributed by atoms with Crippen LogP contribution in [0.25, 0.3) is 0 Å². The summed E-state index contributed by atoms with van der Waals surface area (Å²) in [6.07, 6.45) is 2.05. The molecule has 1 aromatic rings. The minimum absolute atomic E-state index is 0.0606. The van der Waals surface area contributed by atoms with Crippen molar-refractivity contribution >= 4 is 31.9 Å². The van der Waals surface area contributed by atoms with Crippen LogP contribution in [0, 0.1) is 5.92 Å². The molecule has 1 amide bonds. The molecule has 1 aromatic carbocycles. The Kier molecular flexibility index (Phi) is 4.51. The van der Waals surface area contributed by atoms with E-state index in [2.05, 4.69) is 22.9 Å². The number of likely N-dealkylation sites (tertiary alicyclic amines) is 1. The lowest BCUT2D eigenvalue weighted by Gasteiger charge is -2.17. The lowest BCUT2D eigenvalue weighted by Crippen LogP contribution is -2.29. The van der Waals surface area contributed by atoms with Crippen molar-refractivity contribution in [1.82, 2.24) is 4.90 Å². The number of benzene rings is 1. The number of nitrogens with zero attached hydrogens (tertiary/aromatic N) is 1. The standard InChI is InChI=1S/C13H17BrN2O3S/c1-2-9-5-6-16(8-9)13(17)10-3-4-11(14)12(7-10)20(15,18)19/h3-4,7,9H,2,5-6,8H2,1H3,(H2,15,18,19). The summed E-state index contributed by atoms with van der Waals surface area (Å²) in [5, 5.41) is 5.14. The molecule has 5 nitrogen and oxygen atoms in total. The zero-order valence-corrected chi connectivity index (χ0v) is 13.6. The Morgan fingerprint density at radius 3 is 2.75 bits per heavy atom. The maximum absolute atomic E-state index is 12.4. The number of nitrogens with two attached hydrogens (primary N) is 1. The lowest BCUT2D eigenvalue weighted by atomic mass is 10.1. The third kappa shape index (κ3) is 3.21. The third-order valence-corrected chi connectivity index (χ3v) is 5.54. The van der Waals surface area contributed by atoms with E-state index < -0.39 is 10.0 Å². The normalized spacial score (nSPS) is 19.4. The SMILES string of the molecule is CCC1CCN(C(=O)c2ccc(Br)c(S(N)(=O)=O)c2)C1. The quantitative estimate of drug-likeness (QED) is 0.894. The van der Waals surface area contributed by atoms with E-state index in [9.17, 15) is 13.2 Å². The van der Waals surface area contributed by atoms with Crippen molar-refractivity contribution in [2.45, 2.75) is 24.7 Å². The number of carbonyl (C=O) groups excluding carboxylic acids is 1. The number of amides is 1. The molecular weight excluding hydrogens is 344 g/mol. The first kappa shape index (κ1) is 15.5. The largest absolute Gasteiger partial charge is 0.338 e. The molecule has 0 spiro atoms. The van der Waals surface area contributed by atoms with Crippen LogP contribution in [-0.2, 0) is 10.0 Å². The van der Waals surface area contributed by atoms with Gasteiger partial charge in [-0.2, -0.15) is 0 Å². The van der Waals surface area contributed by atoms with E-state index in [1.807, 2.05) is 0 Å². The van der Waals surface area contributed by atoms with Gasteiger partial charge >= 0.3 is 0 Å². The zero-order valence-electron chi connectivity index (χ0n) is 11.2. The highest BCUT2D eigenvalue weighted by Crippen LogP contribution is 2.25. The van der Waals surface area contributed by atoms with Crippen LogP contribution in [0.2, 0.25) is 0 Å². The maximum Gasteiger partial charge on any atom is 0.253 e. The van der Waals surface area contributed by atoms with Gasteiger partial charge in [0, 0.05) is 23.1 Å². The van der Waals surface area contributed by atoms with Gasteiger partial charge in [0.2, 0.25) is 10.0 Å². The van der Waals surface area contributed by atoms with Crippen LogP contribution in [0.1, 0.15) is 30.1 Å². The highest BCUT2D eigenvalue weighted by molar-refractivity contribution is 9.10. The Hall–Kier alpha value is -0.920. The number of primary sulfonamides is 1. The molecule has 0 radical (unpaired) electrons. The Morgan fingerprint density at radius 2 is 2.20 bits per heavy atom. The average molecular weight is 361 g/mol. The molecule has 0 aromatic heterocycles. The highest BCUT2D eigenvalue weighted by atomic mass is 79.9. The summed E-state index contributed by atoms with van der Waals surface area (Å²) in [4.78, 5) is 14.1. The van der Waals surface area contributed by atoms with Crippen LogP contribution in [0.3, 0.4) is 0 Å². The molecule has 0 bridgehead atoms. The average Bonchev–Trinajstić information content (AvgIpc) is 2.86. The maximum atomic E-state index is 12.4. The molecule has 2 N–H and O–H groups in total. The molecular formula is C13H17BrN2O3S. The van der Waals surface area contributed by atoms with Crippen molar-refractivity contribution in [2.75, 3.05) is 13.1 Å². The van der Waals surface area contributed by atoms with Crippen LogP contribution in [-0.4, -0.2) is 32.3 Å². The minimum Gasteiger partial charge on any atom is -0.338 e. The first-order valence-corrected chi connectivity index (χ1v) is 8.78. The van der Waals surface area contributed by atoms with Gasteiger partial charge in [-0.15, -0.1) is 0 Å². The second-order valence-electron chi connectivity index (χ2n) is 5.00. The summed E-state index contributed by atoms with van der Waals surface area (Å²) in [6.45, 7) is 3.56. The summed E-state index contributed by atoms with van der Waals surface area (Å²) >= 11 is 3.14. The van der Waals surface area contributed by atoms with Crippen LogP contribution in [0.4, 0.5) is 0 Å². The number of carbonyl (C=O) groups is 1. The molecule has 1 fully saturated rings. The van der Waals surface area contributed by atoms with E-state index in [0.717, 1.165) is 25.9 Å². The van der Waals surface area contributed by atoms with E-state index in [1.54, 1.807) is 17.0 Å². The van der Waals surface area contributed by atoms with Gasteiger partial charge in [-0.1, -0.05) is 13.3 Å². The topological polar surface area (TPSA) is 80.5 Å². The predicted molar refractivity (Wildman–Crippen MR) is 79.8 cm³/mol. The first-order valence-electron chi connectivity index (χ1n) is 6.44.